The molecule has 5 nitrogen and oxygen atoms in total. The van der Waals surface area contributed by atoms with Crippen LogP contribution in [0, 0.1) is 5.92 Å². The lowest BCUT2D eigenvalue weighted by Crippen LogP contribution is -2.33. The zero-order chi connectivity index (χ0) is 14.7. The molecule has 0 radical (unpaired) electrons. The summed E-state index contributed by atoms with van der Waals surface area (Å²) in [7, 11) is 0. The van der Waals surface area contributed by atoms with E-state index >= 15 is 0 Å². The third kappa shape index (κ3) is 2.96. The molecule has 0 atom stereocenters. The van der Waals surface area contributed by atoms with Crippen LogP contribution in [0.1, 0.15) is 39.5 Å². The molecule has 0 aliphatic heterocycles. The molecule has 0 unspecified atom stereocenters. The van der Waals surface area contributed by atoms with Crippen molar-refractivity contribution in [3.05, 3.63) is 18.6 Å². The van der Waals surface area contributed by atoms with Crippen LogP contribution in [0.15, 0.2) is 18.6 Å². The minimum Gasteiger partial charge on any atom is -0.369 e. The predicted octanol–water partition coefficient (Wildman–Crippen LogP) is 3.18. The van der Waals surface area contributed by atoms with E-state index in [9.17, 15) is 0 Å². The van der Waals surface area contributed by atoms with Crippen molar-refractivity contribution in [3.8, 4) is 0 Å². The number of nitrogens with zero attached hydrogens (tertiary/aromatic N) is 4. The standard InChI is InChI=1S/C16H25N5/c1-3-8-17-14-12-21-10-9-18-15(21)16(19-14)20(4-2)11-13-6-5-7-13/h9-10,12-13,17H,3-8,11H2,1-2H3. The fourth-order valence-corrected chi connectivity index (χ4v) is 2.82. The Kier molecular flexibility index (Phi) is 4.27. The van der Waals surface area contributed by atoms with Gasteiger partial charge in [0, 0.05) is 32.0 Å². The summed E-state index contributed by atoms with van der Waals surface area (Å²) < 4.78 is 2.07. The van der Waals surface area contributed by atoms with Crippen LogP contribution in [0.4, 0.5) is 11.6 Å². The van der Waals surface area contributed by atoms with Gasteiger partial charge in [0.25, 0.3) is 0 Å². The summed E-state index contributed by atoms with van der Waals surface area (Å²) in [5.74, 6) is 2.77. The van der Waals surface area contributed by atoms with Gasteiger partial charge in [0.1, 0.15) is 5.82 Å². The lowest BCUT2D eigenvalue weighted by atomic mass is 9.85. The molecule has 0 spiro atoms. The second-order valence-electron chi connectivity index (χ2n) is 5.87. The summed E-state index contributed by atoms with van der Waals surface area (Å²) >= 11 is 0. The van der Waals surface area contributed by atoms with Gasteiger partial charge in [0.05, 0.1) is 6.20 Å². The third-order valence-corrected chi connectivity index (χ3v) is 4.30. The Hall–Kier alpha value is -1.78. The average molecular weight is 287 g/mol. The Balaban J connectivity index is 1.91. The Morgan fingerprint density at radius 3 is 2.90 bits per heavy atom. The summed E-state index contributed by atoms with van der Waals surface area (Å²) in [5.41, 5.74) is 0.957. The smallest absolute Gasteiger partial charge is 0.180 e. The minimum atomic E-state index is 0.828. The van der Waals surface area contributed by atoms with Crippen LogP contribution in [0.25, 0.3) is 5.65 Å². The highest BCUT2D eigenvalue weighted by molar-refractivity contribution is 5.66. The van der Waals surface area contributed by atoms with Crippen LogP contribution in [0.5, 0.6) is 0 Å². The van der Waals surface area contributed by atoms with Gasteiger partial charge < -0.3 is 14.6 Å². The molecule has 0 bridgehead atoms. The highest BCUT2D eigenvalue weighted by Gasteiger charge is 2.22. The molecule has 1 aliphatic carbocycles. The van der Waals surface area contributed by atoms with Gasteiger partial charge in [-0.1, -0.05) is 13.3 Å². The van der Waals surface area contributed by atoms with Crippen LogP contribution in [0.2, 0.25) is 0 Å². The Morgan fingerprint density at radius 2 is 2.24 bits per heavy atom. The molecule has 21 heavy (non-hydrogen) atoms. The molecule has 2 aromatic rings. The van der Waals surface area contributed by atoms with Crippen molar-refractivity contribution in [2.75, 3.05) is 29.9 Å². The molecule has 1 N–H and O–H groups in total. The molecule has 2 aromatic heterocycles. The number of hydrogen-bond donors (Lipinski definition) is 1. The average Bonchev–Trinajstić information content (AvgIpc) is 2.92. The first-order valence-electron chi connectivity index (χ1n) is 8.14. The molecule has 0 amide bonds. The Morgan fingerprint density at radius 1 is 1.38 bits per heavy atom. The molecule has 114 valence electrons. The molecule has 1 fully saturated rings. The van der Waals surface area contributed by atoms with E-state index in [4.69, 9.17) is 4.98 Å². The van der Waals surface area contributed by atoms with Gasteiger partial charge >= 0.3 is 0 Å². The number of nitrogens with one attached hydrogen (secondary N) is 1. The molecule has 1 aliphatic rings. The van der Waals surface area contributed by atoms with Gasteiger partial charge in [-0.2, -0.15) is 0 Å². The number of aromatic nitrogens is 3. The molecular weight excluding hydrogens is 262 g/mol. The minimum absolute atomic E-state index is 0.828. The van der Waals surface area contributed by atoms with Gasteiger partial charge in [-0.3, -0.25) is 0 Å². The largest absolute Gasteiger partial charge is 0.369 e. The van der Waals surface area contributed by atoms with Crippen LogP contribution in [-0.4, -0.2) is 34.0 Å². The number of fused-ring (bicyclic) bond motifs is 1. The van der Waals surface area contributed by atoms with Gasteiger partial charge in [0.2, 0.25) is 0 Å². The molecule has 0 aromatic carbocycles. The molecule has 2 heterocycles. The maximum atomic E-state index is 4.82. The summed E-state index contributed by atoms with van der Waals surface area (Å²) in [6, 6.07) is 0. The van der Waals surface area contributed by atoms with Crippen molar-refractivity contribution in [1.29, 1.82) is 0 Å². The van der Waals surface area contributed by atoms with E-state index in [0.29, 0.717) is 0 Å². The van der Waals surface area contributed by atoms with Crippen molar-refractivity contribution in [1.82, 2.24) is 14.4 Å². The van der Waals surface area contributed by atoms with E-state index in [-0.39, 0.29) is 0 Å². The maximum Gasteiger partial charge on any atom is 0.180 e. The van der Waals surface area contributed by atoms with E-state index < -0.39 is 0 Å². The van der Waals surface area contributed by atoms with Gasteiger partial charge in [0.15, 0.2) is 11.5 Å². The van der Waals surface area contributed by atoms with Crippen molar-refractivity contribution in [3.63, 3.8) is 0 Å². The lowest BCUT2D eigenvalue weighted by molar-refractivity contribution is 0.318. The van der Waals surface area contributed by atoms with Crippen LogP contribution >= 0.6 is 0 Å². The van der Waals surface area contributed by atoms with E-state index in [1.54, 1.807) is 0 Å². The molecular formula is C16H25N5. The number of anilines is 2. The number of imidazole rings is 1. The maximum absolute atomic E-state index is 4.82. The van der Waals surface area contributed by atoms with Crippen molar-refractivity contribution in [2.45, 2.75) is 39.5 Å². The number of rotatable bonds is 7. The molecule has 5 heteroatoms. The normalized spacial score (nSPS) is 15.1. The fourth-order valence-electron chi connectivity index (χ4n) is 2.82. The summed E-state index contributed by atoms with van der Waals surface area (Å²) in [6.07, 6.45) is 11.1. The summed E-state index contributed by atoms with van der Waals surface area (Å²) in [5, 5.41) is 3.39. The summed E-state index contributed by atoms with van der Waals surface area (Å²) in [4.78, 5) is 11.7. The van der Waals surface area contributed by atoms with Crippen molar-refractivity contribution in [2.24, 2.45) is 5.92 Å². The van der Waals surface area contributed by atoms with Crippen LogP contribution < -0.4 is 10.2 Å². The van der Waals surface area contributed by atoms with E-state index in [2.05, 4.69) is 33.4 Å². The molecule has 1 saturated carbocycles. The third-order valence-electron chi connectivity index (χ3n) is 4.30. The zero-order valence-electron chi connectivity index (χ0n) is 13.0. The quantitative estimate of drug-likeness (QED) is 0.849. The zero-order valence-corrected chi connectivity index (χ0v) is 13.0. The second kappa shape index (κ2) is 6.33. The first kappa shape index (κ1) is 14.2. The van der Waals surface area contributed by atoms with Crippen LogP contribution in [0.3, 0.4) is 0 Å². The molecule has 3 rings (SSSR count). The highest BCUT2D eigenvalue weighted by Crippen LogP contribution is 2.29. The monoisotopic (exact) mass is 287 g/mol. The first-order valence-corrected chi connectivity index (χ1v) is 8.14. The lowest BCUT2D eigenvalue weighted by Gasteiger charge is -2.32. The second-order valence-corrected chi connectivity index (χ2v) is 5.87. The van der Waals surface area contributed by atoms with Crippen molar-refractivity contribution >= 4 is 17.3 Å². The van der Waals surface area contributed by atoms with Crippen LogP contribution in [-0.2, 0) is 0 Å². The van der Waals surface area contributed by atoms with Gasteiger partial charge in [-0.15, -0.1) is 0 Å². The van der Waals surface area contributed by atoms with E-state index in [1.807, 2.05) is 18.6 Å². The first-order chi connectivity index (χ1) is 10.3. The predicted molar refractivity (Wildman–Crippen MR) is 87.0 cm³/mol. The van der Waals surface area contributed by atoms with Gasteiger partial charge in [-0.05, 0) is 32.1 Å². The van der Waals surface area contributed by atoms with Gasteiger partial charge in [-0.25, -0.2) is 9.97 Å². The van der Waals surface area contributed by atoms with E-state index in [1.165, 1.54) is 19.3 Å². The SMILES string of the molecule is CCCNc1cn2ccnc2c(N(CC)CC2CCC2)n1. The molecule has 0 saturated heterocycles. The Labute approximate surface area is 126 Å². The topological polar surface area (TPSA) is 45.5 Å². The Bertz CT molecular complexity index is 587. The fraction of sp³-hybridized carbons (Fsp3) is 0.625. The van der Waals surface area contributed by atoms with E-state index in [0.717, 1.165) is 49.3 Å². The summed E-state index contributed by atoms with van der Waals surface area (Å²) in [6.45, 7) is 7.39. The van der Waals surface area contributed by atoms with Crippen molar-refractivity contribution < 1.29 is 0 Å². The number of hydrogen-bond acceptors (Lipinski definition) is 4. The highest BCUT2D eigenvalue weighted by atomic mass is 15.2.